The van der Waals surface area contributed by atoms with Crippen LogP contribution in [-0.2, 0) is 10.0 Å². The predicted octanol–water partition coefficient (Wildman–Crippen LogP) is 2.76. The van der Waals surface area contributed by atoms with Crippen LogP contribution in [0.3, 0.4) is 0 Å². The average Bonchev–Trinajstić information content (AvgIpc) is 3.10. The number of hydrazone groups is 1. The van der Waals surface area contributed by atoms with E-state index in [0.29, 0.717) is 23.0 Å². The van der Waals surface area contributed by atoms with Crippen molar-refractivity contribution in [1.29, 1.82) is 0 Å². The number of ether oxygens (including phenoxy) is 1. The van der Waals surface area contributed by atoms with Gasteiger partial charge in [0.1, 0.15) is 11.4 Å². The maximum atomic E-state index is 12.2. The highest BCUT2D eigenvalue weighted by atomic mass is 35.5. The smallest absolute Gasteiger partial charge is 0.276 e. The molecule has 0 aliphatic carbocycles. The van der Waals surface area contributed by atoms with Crippen molar-refractivity contribution in [3.8, 4) is 5.75 Å². The van der Waals surface area contributed by atoms with Crippen molar-refractivity contribution in [2.75, 3.05) is 6.61 Å². The van der Waals surface area contributed by atoms with E-state index in [2.05, 4.69) is 14.9 Å². The normalized spacial score (nSPS) is 12.1. The quantitative estimate of drug-likeness (QED) is 0.523. The Balaban J connectivity index is 1.77. The van der Waals surface area contributed by atoms with Gasteiger partial charge in [-0.2, -0.15) is 13.5 Å². The Hall–Kier alpha value is -2.10. The van der Waals surface area contributed by atoms with Gasteiger partial charge in [0.25, 0.3) is 10.0 Å². The number of rotatable bonds is 6. The van der Waals surface area contributed by atoms with Crippen LogP contribution in [0.1, 0.15) is 12.6 Å². The molecule has 0 atom stereocenters. The lowest BCUT2D eigenvalue weighted by Crippen LogP contribution is -2.18. The summed E-state index contributed by atoms with van der Waals surface area (Å²) in [7, 11) is -3.77. The molecule has 126 valence electrons. The first-order chi connectivity index (χ1) is 11.5. The van der Waals surface area contributed by atoms with Crippen LogP contribution in [0.4, 0.5) is 0 Å². The van der Waals surface area contributed by atoms with Crippen LogP contribution in [0.5, 0.6) is 5.75 Å². The summed E-state index contributed by atoms with van der Waals surface area (Å²) in [6, 6.07) is 6.08. The van der Waals surface area contributed by atoms with Crippen LogP contribution in [0, 0.1) is 0 Å². The largest absolute Gasteiger partial charge is 0.494 e. The third kappa shape index (κ3) is 3.37. The van der Waals surface area contributed by atoms with Gasteiger partial charge in [-0.25, -0.2) is 9.82 Å². The Kier molecular flexibility index (Phi) is 4.74. The van der Waals surface area contributed by atoms with Gasteiger partial charge in [0, 0.05) is 11.6 Å². The lowest BCUT2D eigenvalue weighted by atomic mass is 10.3. The first kappa shape index (κ1) is 16.7. The number of hydrogen-bond donors (Lipinski definition) is 1. The minimum atomic E-state index is -3.77. The molecule has 0 aliphatic rings. The highest BCUT2D eigenvalue weighted by Crippen LogP contribution is 2.20. The van der Waals surface area contributed by atoms with E-state index in [4.69, 9.17) is 16.3 Å². The lowest BCUT2D eigenvalue weighted by Gasteiger charge is -2.05. The Labute approximate surface area is 147 Å². The molecule has 7 nitrogen and oxygen atoms in total. The Bertz CT molecular complexity index is 977. The van der Waals surface area contributed by atoms with Crippen molar-refractivity contribution in [1.82, 2.24) is 14.2 Å². The lowest BCUT2D eigenvalue weighted by molar-refractivity contribution is 0.340. The fourth-order valence-electron chi connectivity index (χ4n) is 1.98. The second kappa shape index (κ2) is 6.80. The first-order valence-corrected chi connectivity index (χ1v) is 9.64. The molecular weight excluding hydrogens is 372 g/mol. The van der Waals surface area contributed by atoms with Crippen molar-refractivity contribution < 1.29 is 13.2 Å². The van der Waals surface area contributed by atoms with Crippen molar-refractivity contribution in [3.63, 3.8) is 0 Å². The van der Waals surface area contributed by atoms with Gasteiger partial charge < -0.3 is 4.74 Å². The zero-order valence-corrected chi connectivity index (χ0v) is 14.9. The second-order valence-corrected chi connectivity index (χ2v) is 7.49. The minimum absolute atomic E-state index is 0.0863. The number of nitrogens with one attached hydrogen (secondary N) is 1. The summed E-state index contributed by atoms with van der Waals surface area (Å²) < 4.78 is 31.4. The monoisotopic (exact) mass is 384 g/mol. The van der Waals surface area contributed by atoms with E-state index in [9.17, 15) is 8.42 Å². The van der Waals surface area contributed by atoms with E-state index in [1.807, 2.05) is 12.3 Å². The van der Waals surface area contributed by atoms with Crippen molar-refractivity contribution in [2.45, 2.75) is 11.8 Å². The van der Waals surface area contributed by atoms with Crippen LogP contribution in [0.25, 0.3) is 4.96 Å². The molecule has 0 radical (unpaired) electrons. The number of nitrogens with zero attached hydrogens (tertiary/aromatic N) is 3. The molecule has 2 heterocycles. The molecule has 0 spiro atoms. The van der Waals surface area contributed by atoms with Gasteiger partial charge in [0.05, 0.1) is 17.7 Å². The molecule has 1 N–H and O–H groups in total. The summed E-state index contributed by atoms with van der Waals surface area (Å²) >= 11 is 7.43. The van der Waals surface area contributed by atoms with Crippen LogP contribution in [0.15, 0.2) is 45.8 Å². The van der Waals surface area contributed by atoms with Crippen molar-refractivity contribution in [3.05, 3.63) is 46.7 Å². The molecule has 1 aromatic carbocycles. The van der Waals surface area contributed by atoms with Gasteiger partial charge >= 0.3 is 0 Å². The molecule has 10 heteroatoms. The Morgan fingerprint density at radius 2 is 2.17 bits per heavy atom. The number of imidazole rings is 1. The van der Waals surface area contributed by atoms with E-state index in [-0.39, 0.29) is 10.0 Å². The molecule has 0 amide bonds. The summed E-state index contributed by atoms with van der Waals surface area (Å²) in [5.74, 6) is 0.603. The molecule has 0 unspecified atom stereocenters. The standard InChI is InChI=1S/C14H13ClN4O3S2/c1-2-22-10-3-5-11(6-4-10)24(20,21)18-16-9-12-13(15)17-14-19(12)7-8-23-14/h3-9,18H,2H2,1H3/b16-9-. The maximum absolute atomic E-state index is 12.2. The summed E-state index contributed by atoms with van der Waals surface area (Å²) in [6.45, 7) is 2.37. The zero-order valence-electron chi connectivity index (χ0n) is 12.5. The van der Waals surface area contributed by atoms with E-state index in [1.54, 1.807) is 22.7 Å². The third-order valence-electron chi connectivity index (χ3n) is 3.06. The van der Waals surface area contributed by atoms with Gasteiger partial charge in [-0.15, -0.1) is 11.3 Å². The number of halogens is 1. The fourth-order valence-corrected chi connectivity index (χ4v) is 3.77. The molecular formula is C14H13ClN4O3S2. The van der Waals surface area contributed by atoms with Crippen molar-refractivity contribution >= 4 is 44.1 Å². The van der Waals surface area contributed by atoms with Gasteiger partial charge in [0.2, 0.25) is 0 Å². The highest BCUT2D eigenvalue weighted by molar-refractivity contribution is 7.89. The Morgan fingerprint density at radius 1 is 1.42 bits per heavy atom. The summed E-state index contributed by atoms with van der Waals surface area (Å²) in [6.07, 6.45) is 3.10. The molecule has 0 saturated carbocycles. The molecule has 3 rings (SSSR count). The molecule has 0 bridgehead atoms. The van der Waals surface area contributed by atoms with Gasteiger partial charge in [-0.3, -0.25) is 4.40 Å². The first-order valence-electron chi connectivity index (χ1n) is 6.90. The molecule has 2 aromatic heterocycles. The molecule has 3 aromatic rings. The summed E-state index contributed by atoms with van der Waals surface area (Å²) in [5, 5.41) is 5.88. The number of sulfonamides is 1. The molecule has 0 fully saturated rings. The minimum Gasteiger partial charge on any atom is -0.494 e. The highest BCUT2D eigenvalue weighted by Gasteiger charge is 2.13. The van der Waals surface area contributed by atoms with Crippen LogP contribution >= 0.6 is 22.9 Å². The van der Waals surface area contributed by atoms with Crippen LogP contribution in [-0.4, -0.2) is 30.6 Å². The number of benzene rings is 1. The van der Waals surface area contributed by atoms with E-state index in [1.165, 1.54) is 29.7 Å². The molecule has 0 saturated heterocycles. The molecule has 24 heavy (non-hydrogen) atoms. The average molecular weight is 385 g/mol. The van der Waals surface area contributed by atoms with Gasteiger partial charge in [0.15, 0.2) is 10.1 Å². The Morgan fingerprint density at radius 3 is 2.88 bits per heavy atom. The number of fused-ring (bicyclic) bond motifs is 1. The van der Waals surface area contributed by atoms with Crippen molar-refractivity contribution in [2.24, 2.45) is 5.10 Å². The summed E-state index contributed by atoms with van der Waals surface area (Å²) in [5.41, 5.74) is 0.502. The van der Waals surface area contributed by atoms with E-state index in [0.717, 1.165) is 0 Å². The number of thiazole rings is 1. The molecule has 0 aliphatic heterocycles. The van der Waals surface area contributed by atoms with E-state index < -0.39 is 10.0 Å². The fraction of sp³-hybridized carbons (Fsp3) is 0.143. The number of aromatic nitrogens is 2. The topological polar surface area (TPSA) is 85.1 Å². The van der Waals surface area contributed by atoms with Gasteiger partial charge in [-0.1, -0.05) is 11.6 Å². The number of hydrogen-bond acceptors (Lipinski definition) is 6. The predicted molar refractivity (Wildman–Crippen MR) is 93.6 cm³/mol. The van der Waals surface area contributed by atoms with Crippen LogP contribution in [0.2, 0.25) is 5.15 Å². The zero-order chi connectivity index (χ0) is 17.2. The summed E-state index contributed by atoms with van der Waals surface area (Å²) in [4.78, 5) is 7.08. The van der Waals surface area contributed by atoms with Crippen LogP contribution < -0.4 is 9.57 Å². The van der Waals surface area contributed by atoms with E-state index >= 15 is 0 Å². The SMILES string of the molecule is CCOc1ccc(S(=O)(=O)N/N=C\c2c(Cl)nc3sccn23)cc1. The van der Waals surface area contributed by atoms with Gasteiger partial charge in [-0.05, 0) is 31.2 Å². The third-order valence-corrected chi connectivity index (χ3v) is 5.33. The maximum Gasteiger partial charge on any atom is 0.276 e. The second-order valence-electron chi connectivity index (χ2n) is 4.60.